The van der Waals surface area contributed by atoms with Gasteiger partial charge in [0.05, 0.1) is 13.2 Å². The van der Waals surface area contributed by atoms with Gasteiger partial charge in [-0.2, -0.15) is 0 Å². The van der Waals surface area contributed by atoms with Gasteiger partial charge in [-0.3, -0.25) is 9.79 Å². The van der Waals surface area contributed by atoms with Crippen LogP contribution in [-0.4, -0.2) is 74.1 Å². The molecule has 2 heterocycles. The molecule has 174 valence electrons. The lowest BCUT2D eigenvalue weighted by molar-refractivity contribution is -0.140. The van der Waals surface area contributed by atoms with Crippen molar-refractivity contribution in [2.24, 2.45) is 10.9 Å². The fourth-order valence-electron chi connectivity index (χ4n) is 4.60. The molecule has 0 atom stereocenters. The van der Waals surface area contributed by atoms with E-state index in [2.05, 4.69) is 59.6 Å². The van der Waals surface area contributed by atoms with Crippen LogP contribution in [0.15, 0.2) is 47.5 Å². The quantitative estimate of drug-likeness (QED) is 0.352. The number of aliphatic imine (C=N–C) groups is 1. The smallest absolute Gasteiger partial charge is 0.225 e. The largest absolute Gasteiger partial charge is 0.378 e. The third-order valence-electron chi connectivity index (χ3n) is 6.32. The second-order valence-electron chi connectivity index (χ2n) is 8.32. The highest BCUT2D eigenvalue weighted by Crippen LogP contribution is 2.21. The lowest BCUT2D eigenvalue weighted by Crippen LogP contribution is -2.50. The third kappa shape index (κ3) is 6.13. The summed E-state index contributed by atoms with van der Waals surface area (Å²) in [6.45, 7) is 8.25. The molecule has 0 unspecified atom stereocenters. The van der Waals surface area contributed by atoms with Crippen molar-refractivity contribution in [3.63, 3.8) is 0 Å². The monoisotopic (exact) mass is 550 g/mol. The van der Waals surface area contributed by atoms with Crippen LogP contribution in [-0.2, 0) is 16.0 Å². The van der Waals surface area contributed by atoms with Gasteiger partial charge in [0.1, 0.15) is 0 Å². The van der Waals surface area contributed by atoms with E-state index in [1.54, 1.807) is 0 Å². The van der Waals surface area contributed by atoms with Gasteiger partial charge in [0.2, 0.25) is 5.91 Å². The van der Waals surface area contributed by atoms with Crippen molar-refractivity contribution in [1.82, 2.24) is 15.1 Å². The lowest BCUT2D eigenvalue weighted by atomic mass is 9.95. The molecule has 2 aromatic carbocycles. The number of piperidine rings is 1. The first-order valence-electron chi connectivity index (χ1n) is 11.6. The molecule has 6 nitrogen and oxygen atoms in total. The molecule has 0 saturated carbocycles. The molecule has 0 spiro atoms. The van der Waals surface area contributed by atoms with E-state index in [-0.39, 0.29) is 29.9 Å². The standard InChI is InChI=1S/C25H34N4O2.HI/c1-2-26-25(27-13-10-21-8-5-7-20-6-3-4-9-23(20)21)29-14-11-22(12-15-29)24(30)28-16-18-31-19-17-28;/h3-9,22H,2,10-19H2,1H3,(H,26,27);1H. The summed E-state index contributed by atoms with van der Waals surface area (Å²) < 4.78 is 5.38. The van der Waals surface area contributed by atoms with E-state index in [1.165, 1.54) is 16.3 Å². The van der Waals surface area contributed by atoms with E-state index in [0.29, 0.717) is 19.1 Å². The number of guanidine groups is 1. The fourth-order valence-corrected chi connectivity index (χ4v) is 4.60. The average Bonchev–Trinajstić information content (AvgIpc) is 2.84. The maximum atomic E-state index is 12.8. The van der Waals surface area contributed by atoms with E-state index in [1.807, 2.05) is 4.90 Å². The minimum absolute atomic E-state index is 0. The van der Waals surface area contributed by atoms with Gasteiger partial charge in [-0.25, -0.2) is 0 Å². The van der Waals surface area contributed by atoms with Gasteiger partial charge in [0, 0.05) is 45.2 Å². The SMILES string of the molecule is CCNC(=NCCc1cccc2ccccc12)N1CCC(C(=O)N2CCOCC2)CC1.I. The van der Waals surface area contributed by atoms with E-state index < -0.39 is 0 Å². The second kappa shape index (κ2) is 12.4. The summed E-state index contributed by atoms with van der Waals surface area (Å²) in [5, 5.41) is 6.04. The summed E-state index contributed by atoms with van der Waals surface area (Å²) >= 11 is 0. The maximum Gasteiger partial charge on any atom is 0.225 e. The third-order valence-corrected chi connectivity index (χ3v) is 6.32. The number of carbonyl (C=O) groups is 1. The summed E-state index contributed by atoms with van der Waals surface area (Å²) in [6.07, 6.45) is 2.70. The van der Waals surface area contributed by atoms with Crippen molar-refractivity contribution in [2.45, 2.75) is 26.2 Å². The van der Waals surface area contributed by atoms with Crippen LogP contribution in [0.4, 0.5) is 0 Å². The average molecular weight is 550 g/mol. The molecule has 7 heteroatoms. The summed E-state index contributed by atoms with van der Waals surface area (Å²) in [5.41, 5.74) is 1.34. The Morgan fingerprint density at radius 2 is 1.75 bits per heavy atom. The Labute approximate surface area is 208 Å². The Balaban J connectivity index is 0.00000289. The van der Waals surface area contributed by atoms with Gasteiger partial charge in [0.25, 0.3) is 0 Å². The number of nitrogens with zero attached hydrogens (tertiary/aromatic N) is 3. The van der Waals surface area contributed by atoms with Crippen LogP contribution >= 0.6 is 24.0 Å². The molecule has 1 amide bonds. The molecule has 2 saturated heterocycles. The van der Waals surface area contributed by atoms with Gasteiger partial charge in [-0.05, 0) is 42.5 Å². The first-order chi connectivity index (χ1) is 15.3. The van der Waals surface area contributed by atoms with Crippen LogP contribution in [0, 0.1) is 5.92 Å². The number of ether oxygens (including phenoxy) is 1. The number of morpholine rings is 1. The summed E-state index contributed by atoms with van der Waals surface area (Å²) in [5.74, 6) is 1.41. The normalized spacial score (nSPS) is 17.8. The van der Waals surface area contributed by atoms with Crippen molar-refractivity contribution in [1.29, 1.82) is 0 Å². The van der Waals surface area contributed by atoms with E-state index in [0.717, 1.165) is 64.5 Å². The molecule has 0 bridgehead atoms. The molecule has 2 fully saturated rings. The minimum Gasteiger partial charge on any atom is -0.378 e. The number of rotatable bonds is 5. The zero-order valence-electron chi connectivity index (χ0n) is 19.0. The topological polar surface area (TPSA) is 57.2 Å². The van der Waals surface area contributed by atoms with E-state index >= 15 is 0 Å². The van der Waals surface area contributed by atoms with Crippen molar-refractivity contribution >= 4 is 46.6 Å². The molecule has 0 aliphatic carbocycles. The zero-order chi connectivity index (χ0) is 21.5. The molecular formula is C25H35IN4O2. The van der Waals surface area contributed by atoms with Crippen LogP contribution in [0.2, 0.25) is 0 Å². The molecule has 0 aromatic heterocycles. The highest BCUT2D eigenvalue weighted by atomic mass is 127. The molecule has 32 heavy (non-hydrogen) atoms. The molecular weight excluding hydrogens is 515 g/mol. The van der Waals surface area contributed by atoms with Gasteiger partial charge < -0.3 is 19.9 Å². The van der Waals surface area contributed by atoms with Crippen LogP contribution in [0.3, 0.4) is 0 Å². The number of benzene rings is 2. The highest BCUT2D eigenvalue weighted by Gasteiger charge is 2.30. The van der Waals surface area contributed by atoms with Crippen LogP contribution in [0.5, 0.6) is 0 Å². The van der Waals surface area contributed by atoms with Crippen LogP contribution in [0.1, 0.15) is 25.3 Å². The van der Waals surface area contributed by atoms with Crippen molar-refractivity contribution in [3.8, 4) is 0 Å². The van der Waals surface area contributed by atoms with Gasteiger partial charge in [0.15, 0.2) is 5.96 Å². The zero-order valence-corrected chi connectivity index (χ0v) is 21.3. The Morgan fingerprint density at radius 3 is 2.50 bits per heavy atom. The summed E-state index contributed by atoms with van der Waals surface area (Å²) in [6, 6.07) is 15.0. The number of hydrogen-bond donors (Lipinski definition) is 1. The minimum atomic E-state index is 0. The Hall–Kier alpha value is -1.87. The lowest BCUT2D eigenvalue weighted by Gasteiger charge is -2.36. The molecule has 2 aliphatic rings. The number of carbonyl (C=O) groups excluding carboxylic acids is 1. The highest BCUT2D eigenvalue weighted by molar-refractivity contribution is 14.0. The maximum absolute atomic E-state index is 12.8. The first kappa shape index (κ1) is 24.8. The van der Waals surface area contributed by atoms with Crippen LogP contribution in [0.25, 0.3) is 10.8 Å². The van der Waals surface area contributed by atoms with Gasteiger partial charge in [-0.15, -0.1) is 24.0 Å². The van der Waals surface area contributed by atoms with Crippen molar-refractivity contribution < 1.29 is 9.53 Å². The predicted molar refractivity (Wildman–Crippen MR) is 141 cm³/mol. The molecule has 2 aromatic rings. The van der Waals surface area contributed by atoms with Crippen molar-refractivity contribution in [2.75, 3.05) is 52.5 Å². The summed E-state index contributed by atoms with van der Waals surface area (Å²) in [7, 11) is 0. The number of fused-ring (bicyclic) bond motifs is 1. The number of hydrogen-bond acceptors (Lipinski definition) is 3. The first-order valence-corrected chi connectivity index (χ1v) is 11.6. The Morgan fingerprint density at radius 1 is 1.03 bits per heavy atom. The van der Waals surface area contributed by atoms with Gasteiger partial charge >= 0.3 is 0 Å². The number of nitrogens with one attached hydrogen (secondary N) is 1. The fraction of sp³-hybridized carbons (Fsp3) is 0.520. The molecule has 0 radical (unpaired) electrons. The second-order valence-corrected chi connectivity index (χ2v) is 8.32. The molecule has 2 aliphatic heterocycles. The molecule has 4 rings (SSSR count). The Bertz CT molecular complexity index is 900. The van der Waals surface area contributed by atoms with Crippen LogP contribution < -0.4 is 5.32 Å². The summed E-state index contributed by atoms with van der Waals surface area (Å²) in [4.78, 5) is 22.0. The van der Waals surface area contributed by atoms with Gasteiger partial charge in [-0.1, -0.05) is 42.5 Å². The number of likely N-dealkylation sites (tertiary alicyclic amines) is 1. The van der Waals surface area contributed by atoms with Crippen molar-refractivity contribution in [3.05, 3.63) is 48.0 Å². The Kier molecular flexibility index (Phi) is 9.59. The van der Waals surface area contributed by atoms with E-state index in [9.17, 15) is 4.79 Å². The number of halogens is 1. The predicted octanol–water partition coefficient (Wildman–Crippen LogP) is 3.54. The van der Waals surface area contributed by atoms with E-state index in [4.69, 9.17) is 9.73 Å². The number of amides is 1. The molecule has 1 N–H and O–H groups in total.